The summed E-state index contributed by atoms with van der Waals surface area (Å²) in [6.45, 7) is 0. The fraction of sp³-hybridized carbons (Fsp3) is 0.0667. The molecule has 0 spiro atoms. The van der Waals surface area contributed by atoms with Crippen molar-refractivity contribution in [3.05, 3.63) is 45.4 Å². The van der Waals surface area contributed by atoms with Gasteiger partial charge in [0.25, 0.3) is 0 Å². The van der Waals surface area contributed by atoms with Gasteiger partial charge in [-0.05, 0) is 24.3 Å². The van der Waals surface area contributed by atoms with Gasteiger partial charge in [0.2, 0.25) is 0 Å². The lowest BCUT2D eigenvalue weighted by molar-refractivity contribution is 0.475. The fourth-order valence-corrected chi connectivity index (χ4v) is 3.35. The molecule has 0 saturated heterocycles. The molecule has 3 nitrogen and oxygen atoms in total. The first-order valence-electron chi connectivity index (χ1n) is 6.05. The molecule has 0 atom stereocenters. The maximum absolute atomic E-state index is 9.68. The summed E-state index contributed by atoms with van der Waals surface area (Å²) in [4.78, 5) is 0. The van der Waals surface area contributed by atoms with E-state index in [0.717, 1.165) is 16.6 Å². The van der Waals surface area contributed by atoms with Crippen LogP contribution in [0.2, 0.25) is 15.1 Å². The molecule has 6 heteroatoms. The molecule has 0 saturated carbocycles. The van der Waals surface area contributed by atoms with Crippen LogP contribution in [0.1, 0.15) is 0 Å². The summed E-state index contributed by atoms with van der Waals surface area (Å²) in [6, 6.07) is 7.81. The van der Waals surface area contributed by atoms with Gasteiger partial charge in [-0.15, -0.1) is 0 Å². The molecule has 3 aromatic rings. The second kappa shape index (κ2) is 5.02. The Bertz CT molecular complexity index is 848. The van der Waals surface area contributed by atoms with Crippen LogP contribution < -0.4 is 0 Å². The lowest BCUT2D eigenvalue weighted by atomic mass is 10.1. The van der Waals surface area contributed by atoms with Crippen molar-refractivity contribution < 1.29 is 10.2 Å². The van der Waals surface area contributed by atoms with Crippen LogP contribution in [0.5, 0.6) is 11.5 Å². The largest absolute Gasteiger partial charge is 0.508 e. The minimum Gasteiger partial charge on any atom is -0.508 e. The van der Waals surface area contributed by atoms with E-state index in [-0.39, 0.29) is 11.5 Å². The van der Waals surface area contributed by atoms with E-state index in [4.69, 9.17) is 34.8 Å². The Balaban J connectivity index is 2.37. The number of fused-ring (bicyclic) bond motifs is 1. The van der Waals surface area contributed by atoms with Gasteiger partial charge >= 0.3 is 0 Å². The average molecular weight is 343 g/mol. The second-order valence-electron chi connectivity index (χ2n) is 4.73. The summed E-state index contributed by atoms with van der Waals surface area (Å²) in [5, 5.41) is 21.1. The molecule has 0 bridgehead atoms. The molecule has 2 aromatic carbocycles. The highest BCUT2D eigenvalue weighted by Crippen LogP contribution is 2.41. The Labute approximate surface area is 135 Å². The third-order valence-electron chi connectivity index (χ3n) is 3.38. The van der Waals surface area contributed by atoms with Crippen molar-refractivity contribution in [3.8, 4) is 22.8 Å². The molecule has 0 aliphatic heterocycles. The molecule has 0 radical (unpaired) electrons. The van der Waals surface area contributed by atoms with E-state index in [1.54, 1.807) is 6.07 Å². The van der Waals surface area contributed by atoms with E-state index in [1.165, 1.54) is 18.2 Å². The number of phenolic OH excluding ortho intramolecular Hbond substituents is 2. The van der Waals surface area contributed by atoms with Crippen LogP contribution in [-0.4, -0.2) is 14.8 Å². The number of aryl methyl sites for hydroxylation is 1. The first-order valence-corrected chi connectivity index (χ1v) is 7.18. The Morgan fingerprint density at radius 1 is 0.810 bits per heavy atom. The van der Waals surface area contributed by atoms with E-state index in [1.807, 2.05) is 17.7 Å². The summed E-state index contributed by atoms with van der Waals surface area (Å²) in [5.41, 5.74) is 2.10. The third-order valence-corrected chi connectivity index (χ3v) is 4.29. The maximum Gasteiger partial charge on any atom is 0.119 e. The molecule has 0 amide bonds. The standard InChI is InChI=1S/C15H10Cl3NO2/c1-19-13-5-8(21)2-10(16)9(13)6-14(19)15-11(17)3-7(20)4-12(15)18/h2-6,20-21H,1H3. The highest BCUT2D eigenvalue weighted by Gasteiger charge is 2.17. The Hall–Kier alpha value is -1.55. The predicted octanol–water partition coefficient (Wildman–Crippen LogP) is 5.22. The molecule has 0 aliphatic rings. The normalized spacial score (nSPS) is 11.2. The van der Waals surface area contributed by atoms with Gasteiger partial charge in [-0.25, -0.2) is 0 Å². The van der Waals surface area contributed by atoms with Gasteiger partial charge in [-0.3, -0.25) is 0 Å². The lowest BCUT2D eigenvalue weighted by Gasteiger charge is -2.09. The van der Waals surface area contributed by atoms with E-state index in [0.29, 0.717) is 20.6 Å². The van der Waals surface area contributed by atoms with Crippen LogP contribution in [0, 0.1) is 0 Å². The van der Waals surface area contributed by atoms with Crippen molar-refractivity contribution in [2.75, 3.05) is 0 Å². The minimum atomic E-state index is 0.00295. The first kappa shape index (κ1) is 14.4. The van der Waals surface area contributed by atoms with Crippen molar-refractivity contribution in [1.82, 2.24) is 4.57 Å². The number of benzene rings is 2. The fourth-order valence-electron chi connectivity index (χ4n) is 2.42. The van der Waals surface area contributed by atoms with Crippen molar-refractivity contribution >= 4 is 45.7 Å². The van der Waals surface area contributed by atoms with Crippen molar-refractivity contribution in [2.45, 2.75) is 0 Å². The zero-order valence-corrected chi connectivity index (χ0v) is 13.1. The monoisotopic (exact) mass is 341 g/mol. The van der Waals surface area contributed by atoms with Crippen LogP contribution in [-0.2, 0) is 7.05 Å². The number of rotatable bonds is 1. The average Bonchev–Trinajstić information content (AvgIpc) is 2.67. The summed E-state index contributed by atoms with van der Waals surface area (Å²) in [7, 11) is 1.83. The Kier molecular flexibility index (Phi) is 3.44. The number of phenols is 2. The molecule has 0 aliphatic carbocycles. The van der Waals surface area contributed by atoms with E-state index < -0.39 is 0 Å². The SMILES string of the molecule is Cn1c(-c2c(Cl)cc(O)cc2Cl)cc2c(Cl)cc(O)cc21. The molecule has 21 heavy (non-hydrogen) atoms. The highest BCUT2D eigenvalue weighted by atomic mass is 35.5. The zero-order valence-electron chi connectivity index (χ0n) is 10.9. The Morgan fingerprint density at radius 3 is 1.95 bits per heavy atom. The van der Waals surface area contributed by atoms with Crippen LogP contribution in [0.3, 0.4) is 0 Å². The van der Waals surface area contributed by atoms with Gasteiger partial charge in [0.15, 0.2) is 0 Å². The number of aromatic nitrogens is 1. The smallest absolute Gasteiger partial charge is 0.119 e. The van der Waals surface area contributed by atoms with Crippen molar-refractivity contribution in [2.24, 2.45) is 7.05 Å². The zero-order chi connectivity index (χ0) is 15.3. The van der Waals surface area contributed by atoms with E-state index in [2.05, 4.69) is 0 Å². The highest BCUT2D eigenvalue weighted by molar-refractivity contribution is 6.40. The summed E-state index contributed by atoms with van der Waals surface area (Å²) in [5.74, 6) is 0.0892. The van der Waals surface area contributed by atoms with Gasteiger partial charge in [-0.2, -0.15) is 0 Å². The number of nitrogens with zero attached hydrogens (tertiary/aromatic N) is 1. The van der Waals surface area contributed by atoms with E-state index >= 15 is 0 Å². The van der Waals surface area contributed by atoms with E-state index in [9.17, 15) is 10.2 Å². The molecule has 1 heterocycles. The number of halogens is 3. The molecular formula is C15H10Cl3NO2. The molecular weight excluding hydrogens is 333 g/mol. The number of hydrogen-bond donors (Lipinski definition) is 2. The molecule has 2 N–H and O–H groups in total. The summed E-state index contributed by atoms with van der Waals surface area (Å²) < 4.78 is 1.84. The summed E-state index contributed by atoms with van der Waals surface area (Å²) in [6.07, 6.45) is 0. The third kappa shape index (κ3) is 2.31. The van der Waals surface area contributed by atoms with Gasteiger partial charge in [0, 0.05) is 24.1 Å². The van der Waals surface area contributed by atoms with Crippen LogP contribution in [0.4, 0.5) is 0 Å². The van der Waals surface area contributed by atoms with Crippen molar-refractivity contribution in [3.63, 3.8) is 0 Å². The van der Waals surface area contributed by atoms with Crippen LogP contribution in [0.25, 0.3) is 22.2 Å². The second-order valence-corrected chi connectivity index (χ2v) is 5.96. The number of aromatic hydroxyl groups is 2. The van der Waals surface area contributed by atoms with Gasteiger partial charge in [0.1, 0.15) is 11.5 Å². The Morgan fingerprint density at radius 2 is 1.33 bits per heavy atom. The molecule has 0 unspecified atom stereocenters. The minimum absolute atomic E-state index is 0.00295. The molecule has 0 fully saturated rings. The molecule has 108 valence electrons. The lowest BCUT2D eigenvalue weighted by Crippen LogP contribution is -1.92. The van der Waals surface area contributed by atoms with Gasteiger partial charge < -0.3 is 14.8 Å². The first-order chi connectivity index (χ1) is 9.88. The number of hydrogen-bond acceptors (Lipinski definition) is 2. The molecule has 3 rings (SSSR count). The van der Waals surface area contributed by atoms with Gasteiger partial charge in [0.05, 0.1) is 26.3 Å². The maximum atomic E-state index is 9.68. The van der Waals surface area contributed by atoms with Crippen molar-refractivity contribution in [1.29, 1.82) is 0 Å². The predicted molar refractivity (Wildman–Crippen MR) is 86.7 cm³/mol. The topological polar surface area (TPSA) is 45.4 Å². The molecule has 1 aromatic heterocycles. The quantitative estimate of drug-likeness (QED) is 0.637. The van der Waals surface area contributed by atoms with Gasteiger partial charge in [-0.1, -0.05) is 34.8 Å². The van der Waals surface area contributed by atoms with Crippen LogP contribution in [0.15, 0.2) is 30.3 Å². The summed E-state index contributed by atoms with van der Waals surface area (Å²) >= 11 is 18.6. The van der Waals surface area contributed by atoms with Crippen LogP contribution >= 0.6 is 34.8 Å².